The number of halogens is 2. The fraction of sp³-hybridized carbons (Fsp3) is 0.143. The predicted molar refractivity (Wildman–Crippen MR) is 113 cm³/mol. The lowest BCUT2D eigenvalue weighted by Crippen LogP contribution is -2.16. The molecule has 3 rings (SSSR count). The number of carbonyl (C=O) groups is 1. The van der Waals surface area contributed by atoms with E-state index in [-0.39, 0.29) is 12.4 Å². The molecule has 0 aliphatic heterocycles. The van der Waals surface area contributed by atoms with E-state index >= 15 is 0 Å². The molecule has 0 saturated heterocycles. The Morgan fingerprint density at radius 3 is 2.86 bits per heavy atom. The minimum absolute atomic E-state index is 0.0615. The average Bonchev–Trinajstić information content (AvgIpc) is 3.11. The van der Waals surface area contributed by atoms with Crippen LogP contribution in [0.5, 0.6) is 11.5 Å². The molecule has 0 aliphatic rings. The minimum Gasteiger partial charge on any atom is -0.490 e. The van der Waals surface area contributed by atoms with E-state index in [1.807, 2.05) is 6.92 Å². The molecule has 0 bridgehead atoms. The van der Waals surface area contributed by atoms with Crippen molar-refractivity contribution in [1.82, 2.24) is 5.43 Å². The number of furan rings is 1. The molecule has 0 aliphatic carbocycles. The Bertz CT molecular complexity index is 1120. The Hall–Kier alpha value is -3.14. The van der Waals surface area contributed by atoms with Gasteiger partial charge in [0.15, 0.2) is 17.3 Å². The largest absolute Gasteiger partial charge is 0.490 e. The molecular weight excluding hydrogens is 415 g/mol. The molecule has 6 nitrogen and oxygen atoms in total. The first-order valence-electron chi connectivity index (χ1n) is 8.57. The summed E-state index contributed by atoms with van der Waals surface area (Å²) in [5.41, 5.74) is 3.56. The van der Waals surface area contributed by atoms with Gasteiger partial charge in [-0.3, -0.25) is 4.79 Å². The predicted octanol–water partition coefficient (Wildman–Crippen LogP) is 4.91. The number of carbonyl (C=O) groups excluding carboxylic acids is 1. The number of hydrogen-bond donors (Lipinski definition) is 1. The highest BCUT2D eigenvalue weighted by atomic mass is 35.5. The summed E-state index contributed by atoms with van der Waals surface area (Å²) in [6, 6.07) is 9.98. The summed E-state index contributed by atoms with van der Waals surface area (Å²) >= 11 is 12.2. The molecule has 0 saturated carbocycles. The second-order valence-electron chi connectivity index (χ2n) is 5.75. The maximum Gasteiger partial charge on any atom is 0.307 e. The van der Waals surface area contributed by atoms with E-state index in [4.69, 9.17) is 43.5 Å². The number of nitrogens with one attached hydrogen (secondary N) is 1. The molecule has 148 valence electrons. The summed E-state index contributed by atoms with van der Waals surface area (Å²) < 4.78 is 16.5. The number of hydrazone groups is 1. The summed E-state index contributed by atoms with van der Waals surface area (Å²) in [5.74, 6) is 2.77. The molecule has 0 radical (unpaired) electrons. The van der Waals surface area contributed by atoms with Crippen molar-refractivity contribution in [2.75, 3.05) is 13.2 Å². The second kappa shape index (κ2) is 9.37. The van der Waals surface area contributed by atoms with Crippen molar-refractivity contribution in [3.05, 3.63) is 57.8 Å². The Kier molecular flexibility index (Phi) is 6.65. The summed E-state index contributed by atoms with van der Waals surface area (Å²) in [6.45, 7) is 2.31. The lowest BCUT2D eigenvalue weighted by atomic mass is 10.2. The van der Waals surface area contributed by atoms with Gasteiger partial charge in [0, 0.05) is 10.4 Å². The van der Waals surface area contributed by atoms with Crippen LogP contribution in [0.4, 0.5) is 0 Å². The number of fused-ring (bicyclic) bond motifs is 1. The highest BCUT2D eigenvalue weighted by molar-refractivity contribution is 6.32. The third-order valence-electron chi connectivity index (χ3n) is 3.71. The summed E-state index contributed by atoms with van der Waals surface area (Å²) in [4.78, 5) is 12.3. The van der Waals surface area contributed by atoms with E-state index in [2.05, 4.69) is 16.4 Å². The van der Waals surface area contributed by atoms with Crippen molar-refractivity contribution >= 4 is 46.3 Å². The van der Waals surface area contributed by atoms with Crippen LogP contribution in [0.2, 0.25) is 10.0 Å². The van der Waals surface area contributed by atoms with Crippen LogP contribution in [-0.2, 0) is 0 Å². The molecule has 0 atom stereocenters. The van der Waals surface area contributed by atoms with Gasteiger partial charge < -0.3 is 13.9 Å². The van der Waals surface area contributed by atoms with E-state index in [0.717, 1.165) is 5.39 Å². The number of nitrogens with zero attached hydrogens (tertiary/aromatic N) is 1. The van der Waals surface area contributed by atoms with E-state index < -0.39 is 5.91 Å². The zero-order chi connectivity index (χ0) is 20.8. The van der Waals surface area contributed by atoms with Crippen LogP contribution < -0.4 is 14.9 Å². The Labute approximate surface area is 177 Å². The van der Waals surface area contributed by atoms with Gasteiger partial charge in [-0.15, -0.1) is 6.42 Å². The maximum absolute atomic E-state index is 12.3. The quantitative estimate of drug-likeness (QED) is 0.328. The minimum atomic E-state index is -0.501. The van der Waals surface area contributed by atoms with Crippen molar-refractivity contribution in [2.45, 2.75) is 6.92 Å². The van der Waals surface area contributed by atoms with Gasteiger partial charge in [0.25, 0.3) is 0 Å². The van der Waals surface area contributed by atoms with E-state index in [1.165, 1.54) is 6.21 Å². The number of rotatable bonds is 7. The smallest absolute Gasteiger partial charge is 0.307 e. The zero-order valence-electron chi connectivity index (χ0n) is 15.4. The van der Waals surface area contributed by atoms with Crippen molar-refractivity contribution in [3.8, 4) is 23.8 Å². The Balaban J connectivity index is 1.74. The van der Waals surface area contributed by atoms with E-state index in [0.29, 0.717) is 39.3 Å². The number of amides is 1. The van der Waals surface area contributed by atoms with Crippen LogP contribution in [0, 0.1) is 12.3 Å². The Morgan fingerprint density at radius 1 is 1.28 bits per heavy atom. The van der Waals surface area contributed by atoms with Gasteiger partial charge in [0.1, 0.15) is 12.2 Å². The molecule has 1 amide bonds. The maximum atomic E-state index is 12.3. The molecule has 2 aromatic carbocycles. The normalized spacial score (nSPS) is 10.8. The van der Waals surface area contributed by atoms with Crippen molar-refractivity contribution in [1.29, 1.82) is 0 Å². The van der Waals surface area contributed by atoms with Gasteiger partial charge in [-0.25, -0.2) is 5.43 Å². The molecule has 1 heterocycles. The van der Waals surface area contributed by atoms with Crippen LogP contribution >= 0.6 is 23.2 Å². The molecule has 8 heteroatoms. The first kappa shape index (κ1) is 20.6. The Morgan fingerprint density at radius 2 is 2.10 bits per heavy atom. The third-order valence-corrected chi connectivity index (χ3v) is 4.23. The number of terminal acetylenes is 1. The molecule has 1 N–H and O–H groups in total. The van der Waals surface area contributed by atoms with E-state index in [9.17, 15) is 4.79 Å². The molecule has 0 fully saturated rings. The van der Waals surface area contributed by atoms with Gasteiger partial charge in [0.05, 0.1) is 17.8 Å². The number of hydrogen-bond acceptors (Lipinski definition) is 5. The summed E-state index contributed by atoms with van der Waals surface area (Å²) in [6.07, 6.45) is 6.65. The second-order valence-corrected chi connectivity index (χ2v) is 6.59. The lowest BCUT2D eigenvalue weighted by molar-refractivity contribution is 0.0929. The zero-order valence-corrected chi connectivity index (χ0v) is 16.9. The molecule has 1 aromatic heterocycles. The van der Waals surface area contributed by atoms with Crippen molar-refractivity contribution in [2.24, 2.45) is 5.10 Å². The van der Waals surface area contributed by atoms with Crippen molar-refractivity contribution < 1.29 is 18.7 Å². The first-order valence-corrected chi connectivity index (χ1v) is 9.32. The van der Waals surface area contributed by atoms with Gasteiger partial charge in [-0.1, -0.05) is 29.1 Å². The fourth-order valence-electron chi connectivity index (χ4n) is 2.53. The number of ether oxygens (including phenoxy) is 2. The standard InChI is InChI=1S/C21H16Cl2N2O4/c1-3-7-28-20-16(23)8-13(9-18(20)27-4-2)12-24-25-21(26)19-11-14-10-15(22)5-6-17(14)29-19/h1,5-6,8-12H,4,7H2,2H3,(H,25,26)/b24-12+. The highest BCUT2D eigenvalue weighted by Crippen LogP contribution is 2.36. The lowest BCUT2D eigenvalue weighted by Gasteiger charge is -2.12. The summed E-state index contributed by atoms with van der Waals surface area (Å²) in [7, 11) is 0. The molecule has 3 aromatic rings. The topological polar surface area (TPSA) is 73.1 Å². The summed E-state index contributed by atoms with van der Waals surface area (Å²) in [5, 5.41) is 5.53. The molecule has 0 unspecified atom stereocenters. The molecular formula is C21H16Cl2N2O4. The molecule has 29 heavy (non-hydrogen) atoms. The first-order chi connectivity index (χ1) is 14.0. The third kappa shape index (κ3) is 5.02. The van der Waals surface area contributed by atoms with Crippen LogP contribution in [0.1, 0.15) is 23.0 Å². The van der Waals surface area contributed by atoms with Crippen LogP contribution in [0.3, 0.4) is 0 Å². The number of benzene rings is 2. The molecule has 0 spiro atoms. The SMILES string of the molecule is C#CCOc1c(Cl)cc(/C=N/NC(=O)c2cc3cc(Cl)ccc3o2)cc1OCC. The monoisotopic (exact) mass is 430 g/mol. The van der Waals surface area contributed by atoms with Crippen molar-refractivity contribution in [3.63, 3.8) is 0 Å². The highest BCUT2D eigenvalue weighted by Gasteiger charge is 2.13. The average molecular weight is 431 g/mol. The van der Waals surface area contributed by atoms with Crippen LogP contribution in [-0.4, -0.2) is 25.3 Å². The van der Waals surface area contributed by atoms with Gasteiger partial charge in [-0.2, -0.15) is 5.10 Å². The van der Waals surface area contributed by atoms with Gasteiger partial charge >= 0.3 is 5.91 Å². The fourth-order valence-corrected chi connectivity index (χ4v) is 2.98. The van der Waals surface area contributed by atoms with Crippen LogP contribution in [0.15, 0.2) is 45.9 Å². The van der Waals surface area contributed by atoms with Crippen LogP contribution in [0.25, 0.3) is 11.0 Å². The van der Waals surface area contributed by atoms with Gasteiger partial charge in [-0.05, 0) is 48.9 Å². The van der Waals surface area contributed by atoms with Gasteiger partial charge in [0.2, 0.25) is 0 Å². The van der Waals surface area contributed by atoms with E-state index in [1.54, 1.807) is 36.4 Å².